The molecule has 0 radical (unpaired) electrons. The Labute approximate surface area is 217 Å². The summed E-state index contributed by atoms with van der Waals surface area (Å²) in [5, 5.41) is 29.8. The number of β-amino-alcohol motifs (C(OH)–C–C–N with tert-alkyl or cyclic N) is 1. The van der Waals surface area contributed by atoms with Crippen LogP contribution in [0.15, 0.2) is 36.4 Å². The molecule has 0 aromatic heterocycles. The molecule has 0 heterocycles. The van der Waals surface area contributed by atoms with E-state index < -0.39 is 35.9 Å². The largest absolute Gasteiger partial charge is 0.490 e. The Balaban J connectivity index is 0.000000638. The number of nitrogens with one attached hydrogen (secondary N) is 1. The highest BCUT2D eigenvalue weighted by molar-refractivity contribution is 5.73. The minimum Gasteiger partial charge on any atom is -0.481 e. The molecule has 11 heteroatoms. The highest BCUT2D eigenvalue weighted by Crippen LogP contribution is 2.32. The molecule has 0 fully saturated rings. The number of fused-ring (bicyclic) bond motifs is 1. The van der Waals surface area contributed by atoms with Gasteiger partial charge in [-0.3, -0.25) is 4.79 Å². The maximum absolute atomic E-state index is 14.3. The van der Waals surface area contributed by atoms with E-state index >= 15 is 0 Å². The van der Waals surface area contributed by atoms with Gasteiger partial charge in [0.2, 0.25) is 0 Å². The lowest BCUT2D eigenvalue weighted by molar-refractivity contribution is -0.192. The second-order valence-electron chi connectivity index (χ2n) is 10.1. The molecule has 0 bridgehead atoms. The molecule has 38 heavy (non-hydrogen) atoms. The van der Waals surface area contributed by atoms with Crippen molar-refractivity contribution in [1.29, 1.82) is 0 Å². The Morgan fingerprint density at radius 1 is 1.05 bits per heavy atom. The molecule has 4 N–H and O–H groups in total. The van der Waals surface area contributed by atoms with E-state index in [0.717, 1.165) is 25.3 Å². The van der Waals surface area contributed by atoms with Crippen LogP contribution in [0.25, 0.3) is 0 Å². The molecule has 210 valence electrons. The van der Waals surface area contributed by atoms with E-state index in [2.05, 4.69) is 43.4 Å². The first-order valence-electron chi connectivity index (χ1n) is 12.1. The van der Waals surface area contributed by atoms with Crippen LogP contribution in [-0.2, 0) is 28.9 Å². The number of halogens is 5. The zero-order valence-electron chi connectivity index (χ0n) is 21.1. The summed E-state index contributed by atoms with van der Waals surface area (Å²) in [5.74, 6) is -5.26. The Bertz CT molecular complexity index is 1090. The summed E-state index contributed by atoms with van der Waals surface area (Å²) in [7, 11) is 0. The maximum atomic E-state index is 14.3. The number of aliphatic hydroxyl groups excluding tert-OH is 1. The SMILES string of the molecule is CC(C)(CC1Cc2ccccc2C1)NC[C@@H](O)c1cc(CCCC(=O)O)cc(F)c1F.O=C(O)C(F)(F)F. The van der Waals surface area contributed by atoms with E-state index in [1.54, 1.807) is 0 Å². The Morgan fingerprint density at radius 3 is 2.11 bits per heavy atom. The average Bonchev–Trinajstić information content (AvgIpc) is 3.20. The predicted octanol–water partition coefficient (Wildman–Crippen LogP) is 5.21. The average molecular weight is 546 g/mol. The fraction of sp³-hybridized carbons (Fsp3) is 0.481. The van der Waals surface area contributed by atoms with Gasteiger partial charge in [0.15, 0.2) is 11.6 Å². The fourth-order valence-electron chi connectivity index (χ4n) is 4.57. The van der Waals surface area contributed by atoms with Crippen molar-refractivity contribution in [3.8, 4) is 0 Å². The molecule has 0 unspecified atom stereocenters. The van der Waals surface area contributed by atoms with Crippen LogP contribution in [0.5, 0.6) is 0 Å². The molecule has 2 aromatic carbocycles. The van der Waals surface area contributed by atoms with E-state index in [1.165, 1.54) is 17.2 Å². The van der Waals surface area contributed by atoms with Crippen LogP contribution < -0.4 is 5.32 Å². The molecule has 0 amide bonds. The van der Waals surface area contributed by atoms with Gasteiger partial charge in [-0.1, -0.05) is 30.3 Å². The van der Waals surface area contributed by atoms with Crippen molar-refractivity contribution in [2.45, 2.75) is 70.2 Å². The summed E-state index contributed by atoms with van der Waals surface area (Å²) in [4.78, 5) is 19.6. The number of hydrogen-bond acceptors (Lipinski definition) is 4. The second-order valence-corrected chi connectivity index (χ2v) is 10.1. The molecular formula is C27H32F5NO5. The van der Waals surface area contributed by atoms with Crippen LogP contribution in [0.4, 0.5) is 22.0 Å². The zero-order chi connectivity index (χ0) is 28.7. The number of aliphatic carboxylic acids is 2. The van der Waals surface area contributed by atoms with Crippen molar-refractivity contribution in [2.75, 3.05) is 6.54 Å². The van der Waals surface area contributed by atoms with E-state index in [4.69, 9.17) is 15.0 Å². The summed E-state index contributed by atoms with van der Waals surface area (Å²) in [6, 6.07) is 11.0. The normalized spacial score (nSPS) is 14.4. The smallest absolute Gasteiger partial charge is 0.481 e. The second kappa shape index (κ2) is 13.1. The maximum Gasteiger partial charge on any atom is 0.490 e. The van der Waals surface area contributed by atoms with Crippen molar-refractivity contribution in [1.82, 2.24) is 5.32 Å². The number of alkyl halides is 3. The van der Waals surface area contributed by atoms with Gasteiger partial charge in [0, 0.05) is 24.1 Å². The first-order valence-corrected chi connectivity index (χ1v) is 12.1. The summed E-state index contributed by atoms with van der Waals surface area (Å²) < 4.78 is 60.1. The predicted molar refractivity (Wildman–Crippen MR) is 130 cm³/mol. The van der Waals surface area contributed by atoms with E-state index in [9.17, 15) is 31.9 Å². The molecule has 1 atom stereocenters. The highest BCUT2D eigenvalue weighted by Gasteiger charge is 2.38. The number of hydrogen-bond donors (Lipinski definition) is 4. The molecule has 3 rings (SSSR count). The van der Waals surface area contributed by atoms with Crippen molar-refractivity contribution in [2.24, 2.45) is 5.92 Å². The van der Waals surface area contributed by atoms with E-state index in [1.807, 2.05) is 0 Å². The van der Waals surface area contributed by atoms with Gasteiger partial charge in [-0.15, -0.1) is 0 Å². The summed E-state index contributed by atoms with van der Waals surface area (Å²) in [5.41, 5.74) is 2.89. The highest BCUT2D eigenvalue weighted by atomic mass is 19.4. The van der Waals surface area contributed by atoms with Crippen molar-refractivity contribution in [3.63, 3.8) is 0 Å². The van der Waals surface area contributed by atoms with E-state index in [-0.39, 0.29) is 24.1 Å². The molecule has 0 aliphatic heterocycles. The lowest BCUT2D eigenvalue weighted by atomic mass is 9.88. The minimum absolute atomic E-state index is 0.0440. The van der Waals surface area contributed by atoms with Crippen LogP contribution in [0.3, 0.4) is 0 Å². The standard InChI is InChI=1S/C25H31F2NO3.C2HF3O2/c1-25(2,14-17-10-18-7-3-4-8-19(18)11-17)28-15-22(29)20-12-16(6-5-9-23(30)31)13-21(26)24(20)27;3-2(4,5)1(6)7/h3-4,7-8,12-13,17,22,28-29H,5-6,9-11,14-15H2,1-2H3,(H,30,31);(H,6,7)/t22-;/m1./s1. The van der Waals surface area contributed by atoms with Crippen LogP contribution in [0, 0.1) is 17.6 Å². The number of carboxylic acids is 2. The van der Waals surface area contributed by atoms with Gasteiger partial charge in [0.05, 0.1) is 6.10 Å². The van der Waals surface area contributed by atoms with Gasteiger partial charge in [-0.05, 0) is 74.6 Å². The Hall–Kier alpha value is -3.05. The van der Waals surface area contributed by atoms with Crippen LogP contribution in [-0.4, -0.2) is 45.5 Å². The topological polar surface area (TPSA) is 107 Å². The first-order chi connectivity index (χ1) is 17.6. The van der Waals surface area contributed by atoms with Crippen LogP contribution in [0.2, 0.25) is 0 Å². The van der Waals surface area contributed by atoms with Crippen molar-refractivity contribution in [3.05, 3.63) is 70.3 Å². The van der Waals surface area contributed by atoms with Gasteiger partial charge < -0.3 is 20.6 Å². The number of carbonyl (C=O) groups is 2. The molecule has 0 saturated carbocycles. The van der Waals surface area contributed by atoms with Crippen LogP contribution in [0.1, 0.15) is 61.5 Å². The Morgan fingerprint density at radius 2 is 1.61 bits per heavy atom. The van der Waals surface area contributed by atoms with Crippen molar-refractivity contribution >= 4 is 11.9 Å². The Kier molecular flexibility index (Phi) is 10.8. The first kappa shape index (κ1) is 31.2. The molecular weight excluding hydrogens is 513 g/mol. The third kappa shape index (κ3) is 9.68. The number of benzene rings is 2. The number of aryl methyl sites for hydroxylation is 1. The number of rotatable bonds is 10. The monoisotopic (exact) mass is 545 g/mol. The molecule has 1 aliphatic carbocycles. The van der Waals surface area contributed by atoms with Gasteiger partial charge >= 0.3 is 18.1 Å². The molecule has 0 saturated heterocycles. The summed E-state index contributed by atoms with van der Waals surface area (Å²) in [6.07, 6.45) is -2.73. The third-order valence-electron chi connectivity index (χ3n) is 6.28. The zero-order valence-corrected chi connectivity index (χ0v) is 21.1. The lowest BCUT2D eigenvalue weighted by Gasteiger charge is -2.30. The van der Waals surface area contributed by atoms with Gasteiger partial charge in [0.1, 0.15) is 0 Å². The summed E-state index contributed by atoms with van der Waals surface area (Å²) in [6.45, 7) is 4.21. The minimum atomic E-state index is -5.08. The van der Waals surface area contributed by atoms with Gasteiger partial charge in [-0.2, -0.15) is 13.2 Å². The molecule has 6 nitrogen and oxygen atoms in total. The quantitative estimate of drug-likeness (QED) is 0.306. The number of aliphatic hydroxyl groups is 1. The van der Waals surface area contributed by atoms with Gasteiger partial charge in [0.25, 0.3) is 0 Å². The van der Waals surface area contributed by atoms with Gasteiger partial charge in [-0.25, -0.2) is 13.6 Å². The third-order valence-corrected chi connectivity index (χ3v) is 6.28. The molecule has 1 aliphatic rings. The summed E-state index contributed by atoms with van der Waals surface area (Å²) >= 11 is 0. The molecule has 0 spiro atoms. The number of carboxylic acid groups (broad SMARTS) is 2. The van der Waals surface area contributed by atoms with E-state index in [0.29, 0.717) is 24.3 Å². The van der Waals surface area contributed by atoms with Crippen molar-refractivity contribution < 1.29 is 46.9 Å². The molecule has 2 aromatic rings. The lowest BCUT2D eigenvalue weighted by Crippen LogP contribution is -2.43. The van der Waals surface area contributed by atoms with Crippen LogP contribution >= 0.6 is 0 Å². The fourth-order valence-corrected chi connectivity index (χ4v) is 4.57.